The van der Waals surface area contributed by atoms with E-state index in [1.165, 1.54) is 0 Å². The smallest absolute Gasteiger partial charge is 0.216 e. The Morgan fingerprint density at radius 1 is 1.22 bits per heavy atom. The Hall–Kier alpha value is -2.15. The first-order chi connectivity index (χ1) is 13.1. The third kappa shape index (κ3) is 4.97. The number of aromatic nitrogens is 3. The van der Waals surface area contributed by atoms with Crippen LogP contribution in [-0.2, 0) is 13.0 Å². The fourth-order valence-electron chi connectivity index (χ4n) is 2.46. The summed E-state index contributed by atoms with van der Waals surface area (Å²) in [6.07, 6.45) is 3.48. The van der Waals surface area contributed by atoms with Crippen molar-refractivity contribution in [3.05, 3.63) is 74.2 Å². The van der Waals surface area contributed by atoms with Crippen LogP contribution in [-0.4, -0.2) is 21.1 Å². The van der Waals surface area contributed by atoms with Crippen molar-refractivity contribution in [2.45, 2.75) is 26.4 Å². The molecule has 2 aromatic carbocycles. The number of nitrogens with one attached hydrogen (secondary N) is 1. The highest BCUT2D eigenvalue weighted by Gasteiger charge is 2.07. The van der Waals surface area contributed by atoms with E-state index in [2.05, 4.69) is 22.2 Å². The molecule has 0 aliphatic carbocycles. The fraction of sp³-hybridized carbons (Fsp3) is 0.211. The molecule has 0 atom stereocenters. The van der Waals surface area contributed by atoms with E-state index < -0.39 is 0 Å². The first-order valence-electron chi connectivity index (χ1n) is 8.45. The largest absolute Gasteiger partial charge is 0.489 e. The summed E-state index contributed by atoms with van der Waals surface area (Å²) in [5.41, 5.74) is 1.64. The molecule has 27 heavy (non-hydrogen) atoms. The summed E-state index contributed by atoms with van der Waals surface area (Å²) in [5.74, 6) is 1.50. The monoisotopic (exact) mass is 420 g/mol. The standard InChI is InChI=1S/C19H18Cl2N4OS/c1-2-5-18-23-24-19(27)25(18)22-11-13-6-3-7-14(10-13)26-12-15-16(20)8-4-9-17(15)21/h3-4,6-11H,2,5,12H2,1H3,(H,24,27)/b22-11+. The van der Waals surface area contributed by atoms with E-state index in [9.17, 15) is 0 Å². The lowest BCUT2D eigenvalue weighted by Crippen LogP contribution is -1.99. The average Bonchev–Trinajstić information content (AvgIpc) is 3.00. The zero-order chi connectivity index (χ0) is 19.2. The molecule has 0 saturated heterocycles. The van der Waals surface area contributed by atoms with E-state index in [-0.39, 0.29) is 6.61 Å². The van der Waals surface area contributed by atoms with Gasteiger partial charge in [0.05, 0.1) is 6.21 Å². The molecule has 140 valence electrons. The van der Waals surface area contributed by atoms with Crippen molar-refractivity contribution in [2.24, 2.45) is 5.10 Å². The summed E-state index contributed by atoms with van der Waals surface area (Å²) in [7, 11) is 0. The molecule has 1 heterocycles. The number of hydrogen-bond acceptors (Lipinski definition) is 4. The fourth-order valence-corrected chi connectivity index (χ4v) is 3.17. The van der Waals surface area contributed by atoms with Crippen molar-refractivity contribution in [1.29, 1.82) is 0 Å². The minimum atomic E-state index is 0.284. The summed E-state index contributed by atoms with van der Waals surface area (Å²) in [5, 5.41) is 12.6. The van der Waals surface area contributed by atoms with Gasteiger partial charge in [-0.05, 0) is 48.5 Å². The van der Waals surface area contributed by atoms with Crippen molar-refractivity contribution < 1.29 is 4.74 Å². The summed E-state index contributed by atoms with van der Waals surface area (Å²) in [6, 6.07) is 13.0. The molecule has 0 radical (unpaired) electrons. The SMILES string of the molecule is CCCc1n[nH]c(=S)n1/N=C/c1cccc(OCc2c(Cl)cccc2Cl)c1. The van der Waals surface area contributed by atoms with Gasteiger partial charge >= 0.3 is 0 Å². The third-order valence-corrected chi connectivity index (χ3v) is 4.79. The van der Waals surface area contributed by atoms with E-state index in [4.69, 9.17) is 40.2 Å². The van der Waals surface area contributed by atoms with Gasteiger partial charge in [0.2, 0.25) is 4.77 Å². The number of ether oxygens (including phenoxy) is 1. The van der Waals surface area contributed by atoms with Crippen LogP contribution in [0, 0.1) is 4.77 Å². The predicted molar refractivity (Wildman–Crippen MR) is 112 cm³/mol. The van der Waals surface area contributed by atoms with Gasteiger partial charge in [-0.3, -0.25) is 5.10 Å². The molecule has 1 aromatic heterocycles. The van der Waals surface area contributed by atoms with Crippen molar-refractivity contribution in [3.63, 3.8) is 0 Å². The molecule has 0 aliphatic heterocycles. The molecule has 0 amide bonds. The lowest BCUT2D eigenvalue weighted by molar-refractivity contribution is 0.306. The number of nitrogens with zero attached hydrogens (tertiary/aromatic N) is 3. The first kappa shape index (κ1) is 19.6. The van der Waals surface area contributed by atoms with Crippen LogP contribution in [0.1, 0.15) is 30.3 Å². The Kier molecular flexibility index (Phi) is 6.66. The molecule has 0 unspecified atom stereocenters. The maximum absolute atomic E-state index is 6.18. The van der Waals surface area contributed by atoms with Crippen LogP contribution in [0.25, 0.3) is 0 Å². The second kappa shape index (κ2) is 9.17. The van der Waals surface area contributed by atoms with Crippen LogP contribution in [0.15, 0.2) is 47.6 Å². The number of hydrogen-bond donors (Lipinski definition) is 1. The Morgan fingerprint density at radius 2 is 1.96 bits per heavy atom. The molecule has 8 heteroatoms. The van der Waals surface area contributed by atoms with Crippen molar-refractivity contribution in [3.8, 4) is 5.75 Å². The van der Waals surface area contributed by atoms with Crippen LogP contribution in [0.5, 0.6) is 5.75 Å². The van der Waals surface area contributed by atoms with Gasteiger partial charge in [-0.2, -0.15) is 14.9 Å². The molecule has 1 N–H and O–H groups in total. The van der Waals surface area contributed by atoms with Crippen LogP contribution < -0.4 is 4.74 Å². The van der Waals surface area contributed by atoms with E-state index in [1.54, 1.807) is 29.1 Å². The number of halogens is 2. The summed E-state index contributed by atoms with van der Waals surface area (Å²) >= 11 is 17.6. The Morgan fingerprint density at radius 3 is 2.70 bits per heavy atom. The third-order valence-electron chi connectivity index (χ3n) is 3.82. The van der Waals surface area contributed by atoms with Crippen molar-refractivity contribution >= 4 is 41.6 Å². The zero-order valence-electron chi connectivity index (χ0n) is 14.7. The van der Waals surface area contributed by atoms with Gasteiger partial charge in [0.25, 0.3) is 0 Å². The van der Waals surface area contributed by atoms with E-state index >= 15 is 0 Å². The van der Waals surface area contributed by atoms with Crippen LogP contribution in [0.4, 0.5) is 0 Å². The van der Waals surface area contributed by atoms with Gasteiger partial charge < -0.3 is 4.74 Å². The number of aromatic amines is 1. The second-order valence-electron chi connectivity index (χ2n) is 5.81. The topological polar surface area (TPSA) is 55.2 Å². The Balaban J connectivity index is 1.74. The maximum atomic E-state index is 6.18. The minimum absolute atomic E-state index is 0.284. The average molecular weight is 421 g/mol. The number of H-pyrrole nitrogens is 1. The highest BCUT2D eigenvalue weighted by atomic mass is 35.5. The highest BCUT2D eigenvalue weighted by Crippen LogP contribution is 2.26. The number of aryl methyl sites for hydroxylation is 1. The van der Waals surface area contributed by atoms with Crippen molar-refractivity contribution in [1.82, 2.24) is 14.9 Å². The number of benzene rings is 2. The zero-order valence-corrected chi connectivity index (χ0v) is 17.0. The van der Waals surface area contributed by atoms with Crippen LogP contribution in [0.3, 0.4) is 0 Å². The van der Waals surface area contributed by atoms with E-state index in [0.717, 1.165) is 29.8 Å². The maximum Gasteiger partial charge on any atom is 0.216 e. The molecular weight excluding hydrogens is 403 g/mol. The van der Waals surface area contributed by atoms with Gasteiger partial charge in [-0.25, -0.2) is 0 Å². The van der Waals surface area contributed by atoms with Gasteiger partial charge in [-0.1, -0.05) is 48.3 Å². The molecule has 3 aromatic rings. The number of rotatable bonds is 7. The predicted octanol–water partition coefficient (Wildman–Crippen LogP) is 5.66. The summed E-state index contributed by atoms with van der Waals surface area (Å²) in [4.78, 5) is 0. The second-order valence-corrected chi connectivity index (χ2v) is 7.01. The molecule has 0 spiro atoms. The van der Waals surface area contributed by atoms with Crippen molar-refractivity contribution in [2.75, 3.05) is 0 Å². The summed E-state index contributed by atoms with van der Waals surface area (Å²) in [6.45, 7) is 2.37. The molecule has 0 saturated carbocycles. The van der Waals surface area contributed by atoms with Crippen LogP contribution in [0.2, 0.25) is 10.0 Å². The Bertz CT molecular complexity index is 993. The normalized spacial score (nSPS) is 11.2. The van der Waals surface area contributed by atoms with Gasteiger partial charge in [0.15, 0.2) is 5.82 Å². The molecule has 0 bridgehead atoms. The molecule has 0 fully saturated rings. The molecule has 0 aliphatic rings. The molecule has 5 nitrogen and oxygen atoms in total. The Labute approximate surface area is 172 Å². The quantitative estimate of drug-likeness (QED) is 0.396. The molecular formula is C19H18Cl2N4OS. The van der Waals surface area contributed by atoms with Gasteiger partial charge in [0.1, 0.15) is 12.4 Å². The van der Waals surface area contributed by atoms with E-state index in [0.29, 0.717) is 20.6 Å². The minimum Gasteiger partial charge on any atom is -0.489 e. The first-order valence-corrected chi connectivity index (χ1v) is 9.61. The highest BCUT2D eigenvalue weighted by molar-refractivity contribution is 7.71. The lowest BCUT2D eigenvalue weighted by atomic mass is 10.2. The molecule has 3 rings (SSSR count). The van der Waals surface area contributed by atoms with E-state index in [1.807, 2.05) is 24.3 Å². The summed E-state index contributed by atoms with van der Waals surface area (Å²) < 4.78 is 7.94. The van der Waals surface area contributed by atoms with Gasteiger partial charge in [0, 0.05) is 22.0 Å². The lowest BCUT2D eigenvalue weighted by Gasteiger charge is -2.09. The van der Waals surface area contributed by atoms with Crippen LogP contribution >= 0.6 is 35.4 Å². The van der Waals surface area contributed by atoms with Gasteiger partial charge in [-0.15, -0.1) is 0 Å².